The number of rotatable bonds is 9. The molecular formula is C27H28Cl2N4O4. The van der Waals surface area contributed by atoms with Gasteiger partial charge >= 0.3 is 0 Å². The molecule has 0 unspecified atom stereocenters. The van der Waals surface area contributed by atoms with Crippen molar-refractivity contribution in [1.29, 1.82) is 0 Å². The highest BCUT2D eigenvalue weighted by atomic mass is 35.5. The lowest BCUT2D eigenvalue weighted by Gasteiger charge is -2.33. The van der Waals surface area contributed by atoms with Crippen molar-refractivity contribution in [3.05, 3.63) is 47.1 Å². The summed E-state index contributed by atoms with van der Waals surface area (Å²) in [6.45, 7) is 6.43. The number of nitrogens with one attached hydrogen (secondary N) is 1. The third-order valence-electron chi connectivity index (χ3n) is 6.90. The van der Waals surface area contributed by atoms with Crippen molar-refractivity contribution in [2.75, 3.05) is 50.7 Å². The molecule has 2 saturated heterocycles. The zero-order chi connectivity index (χ0) is 26.1. The first-order chi connectivity index (χ1) is 17.9. The average molecular weight is 543 g/mol. The lowest BCUT2D eigenvalue weighted by molar-refractivity contribution is -0.115. The molecule has 2 aliphatic rings. The van der Waals surface area contributed by atoms with Crippen LogP contribution in [-0.4, -0.2) is 62.3 Å². The summed E-state index contributed by atoms with van der Waals surface area (Å²) in [5.41, 5.74) is 1.15. The summed E-state index contributed by atoms with van der Waals surface area (Å²) in [6, 6.07) is 5.56. The number of nitrogens with zero attached hydrogens (tertiary/aromatic N) is 3. The van der Waals surface area contributed by atoms with Crippen LogP contribution in [0.2, 0.25) is 10.0 Å². The number of pyridine rings is 2. The molecule has 37 heavy (non-hydrogen) atoms. The molecule has 0 bridgehead atoms. The predicted molar refractivity (Wildman–Crippen MR) is 146 cm³/mol. The molecule has 1 N–H and O–H groups in total. The van der Waals surface area contributed by atoms with E-state index in [1.54, 1.807) is 20.3 Å². The molecule has 0 spiro atoms. The highest BCUT2D eigenvalue weighted by Crippen LogP contribution is 2.46. The molecule has 2 aliphatic heterocycles. The number of anilines is 2. The maximum absolute atomic E-state index is 11.9. The lowest BCUT2D eigenvalue weighted by atomic mass is 9.97. The minimum atomic E-state index is -0.0181. The third-order valence-corrected chi connectivity index (χ3v) is 7.65. The Hall–Kier alpha value is -3.07. The summed E-state index contributed by atoms with van der Waals surface area (Å²) < 4.78 is 16.6. The van der Waals surface area contributed by atoms with Crippen LogP contribution in [-0.2, 0) is 9.53 Å². The van der Waals surface area contributed by atoms with Gasteiger partial charge in [0.2, 0.25) is 0 Å². The van der Waals surface area contributed by atoms with Crippen LogP contribution < -0.4 is 19.7 Å². The van der Waals surface area contributed by atoms with Gasteiger partial charge in [0.05, 0.1) is 49.2 Å². The van der Waals surface area contributed by atoms with E-state index in [0.29, 0.717) is 58.3 Å². The fourth-order valence-corrected chi connectivity index (χ4v) is 5.40. The normalized spacial score (nSPS) is 19.0. The molecule has 2 atom stereocenters. The number of carbonyl (C=O) groups is 1. The van der Waals surface area contributed by atoms with Crippen LogP contribution in [0.4, 0.5) is 11.6 Å². The van der Waals surface area contributed by atoms with Crippen molar-refractivity contribution in [3.8, 4) is 22.8 Å². The fraction of sp³-hybridized carbons (Fsp3) is 0.370. The van der Waals surface area contributed by atoms with Crippen molar-refractivity contribution in [3.63, 3.8) is 0 Å². The summed E-state index contributed by atoms with van der Waals surface area (Å²) in [5, 5.41) is 6.05. The first-order valence-corrected chi connectivity index (χ1v) is 12.8. The zero-order valence-electron chi connectivity index (χ0n) is 20.7. The van der Waals surface area contributed by atoms with E-state index in [4.69, 9.17) is 42.4 Å². The summed E-state index contributed by atoms with van der Waals surface area (Å²) in [6.07, 6.45) is 4.66. The van der Waals surface area contributed by atoms with E-state index in [0.717, 1.165) is 36.1 Å². The van der Waals surface area contributed by atoms with Crippen LogP contribution in [0.1, 0.15) is 12.8 Å². The number of ether oxygens (including phenoxy) is 3. The van der Waals surface area contributed by atoms with Gasteiger partial charge in [-0.15, -0.1) is 0 Å². The predicted octanol–water partition coefficient (Wildman–Crippen LogP) is 5.40. The second-order valence-electron chi connectivity index (χ2n) is 9.17. The van der Waals surface area contributed by atoms with E-state index in [1.165, 1.54) is 6.08 Å². The van der Waals surface area contributed by atoms with Crippen LogP contribution >= 0.6 is 23.2 Å². The Bertz CT molecular complexity index is 1330. The third kappa shape index (κ3) is 4.93. The van der Waals surface area contributed by atoms with Crippen molar-refractivity contribution in [2.45, 2.75) is 18.9 Å². The van der Waals surface area contributed by atoms with Gasteiger partial charge in [0.1, 0.15) is 23.1 Å². The number of benzene rings is 1. The number of allylic oxidation sites excluding steroid dienone is 1. The highest BCUT2D eigenvalue weighted by Gasteiger charge is 2.30. The molecule has 3 aromatic rings. The van der Waals surface area contributed by atoms with Gasteiger partial charge in [-0.1, -0.05) is 29.8 Å². The summed E-state index contributed by atoms with van der Waals surface area (Å²) in [7, 11) is 3.09. The monoisotopic (exact) mass is 542 g/mol. The van der Waals surface area contributed by atoms with Crippen molar-refractivity contribution in [2.24, 2.45) is 5.92 Å². The Morgan fingerprint density at radius 1 is 1.19 bits per heavy atom. The highest BCUT2D eigenvalue weighted by molar-refractivity contribution is 6.41. The summed E-state index contributed by atoms with van der Waals surface area (Å²) >= 11 is 13.4. The van der Waals surface area contributed by atoms with E-state index in [2.05, 4.69) is 21.8 Å². The van der Waals surface area contributed by atoms with E-state index in [9.17, 15) is 4.79 Å². The number of ketones is 1. The molecule has 1 aromatic carbocycles. The van der Waals surface area contributed by atoms with Crippen molar-refractivity contribution >= 4 is 51.4 Å². The maximum atomic E-state index is 11.9. The van der Waals surface area contributed by atoms with Gasteiger partial charge in [-0.25, -0.2) is 9.97 Å². The van der Waals surface area contributed by atoms with Gasteiger partial charge in [-0.2, -0.15) is 0 Å². The van der Waals surface area contributed by atoms with Crippen LogP contribution in [0, 0.1) is 5.92 Å². The van der Waals surface area contributed by atoms with E-state index in [1.807, 2.05) is 18.3 Å². The molecule has 0 saturated carbocycles. The van der Waals surface area contributed by atoms with Gasteiger partial charge in [-0.3, -0.25) is 4.79 Å². The van der Waals surface area contributed by atoms with Gasteiger partial charge in [0.25, 0.3) is 0 Å². The zero-order valence-corrected chi connectivity index (χ0v) is 22.2. The van der Waals surface area contributed by atoms with E-state index < -0.39 is 0 Å². The van der Waals surface area contributed by atoms with Crippen LogP contribution in [0.25, 0.3) is 22.0 Å². The SMILES string of the molecule is C=CC(=O)C[C@H]1COC[C@H]1Nc1cc2c(N3CCC3)nc(-c3c(Cl)c(OC)cc(OC)c3Cl)cc2cn1. The standard InChI is InChI=1S/C27H28Cl2N4O4/c1-4-17(34)8-16-13-37-14-20(16)31-23-10-18-15(12-30-23)9-19(32-27(18)33-6-5-7-33)24-25(28)21(35-2)11-22(36-3)26(24)29/h4,9-12,16,20H,1,5-8,13-14H2,2-3H3,(H,30,31)/t16-,20+/m0/s1. The quantitative estimate of drug-likeness (QED) is 0.359. The first-order valence-electron chi connectivity index (χ1n) is 12.1. The average Bonchev–Trinajstić information content (AvgIpc) is 3.29. The number of hydrogen-bond acceptors (Lipinski definition) is 8. The number of aromatic nitrogens is 2. The van der Waals surface area contributed by atoms with Gasteiger partial charge in [-0.05, 0) is 24.6 Å². The Balaban J connectivity index is 1.56. The van der Waals surface area contributed by atoms with E-state index >= 15 is 0 Å². The number of methoxy groups -OCH3 is 2. The molecule has 4 heterocycles. The Kier molecular flexibility index (Phi) is 7.42. The minimum absolute atomic E-state index is 0.0112. The second-order valence-corrected chi connectivity index (χ2v) is 9.93. The first kappa shape index (κ1) is 25.6. The molecule has 194 valence electrons. The molecule has 0 amide bonds. The molecule has 10 heteroatoms. The van der Waals surface area contributed by atoms with E-state index in [-0.39, 0.29) is 17.7 Å². The smallest absolute Gasteiger partial charge is 0.155 e. The molecule has 0 radical (unpaired) electrons. The number of halogens is 2. The molecule has 5 rings (SSSR count). The molecular weight excluding hydrogens is 515 g/mol. The Morgan fingerprint density at radius 2 is 1.92 bits per heavy atom. The number of fused-ring (bicyclic) bond motifs is 1. The maximum Gasteiger partial charge on any atom is 0.155 e. The molecule has 0 aliphatic carbocycles. The fourth-order valence-electron chi connectivity index (χ4n) is 4.71. The number of hydrogen-bond donors (Lipinski definition) is 1. The van der Waals surface area contributed by atoms with Crippen LogP contribution in [0.5, 0.6) is 11.5 Å². The van der Waals surface area contributed by atoms with Crippen molar-refractivity contribution in [1.82, 2.24) is 9.97 Å². The second kappa shape index (κ2) is 10.7. The lowest BCUT2D eigenvalue weighted by Crippen LogP contribution is -2.37. The van der Waals surface area contributed by atoms with Gasteiger partial charge in [0.15, 0.2) is 5.78 Å². The minimum Gasteiger partial charge on any atom is -0.495 e. The summed E-state index contributed by atoms with van der Waals surface area (Å²) in [5.74, 6) is 2.51. The topological polar surface area (TPSA) is 85.8 Å². The molecule has 2 fully saturated rings. The number of carbonyl (C=O) groups excluding carboxylic acids is 1. The van der Waals surface area contributed by atoms with Gasteiger partial charge < -0.3 is 24.4 Å². The van der Waals surface area contributed by atoms with Crippen LogP contribution in [0.15, 0.2) is 37.1 Å². The largest absolute Gasteiger partial charge is 0.495 e. The van der Waals surface area contributed by atoms with Gasteiger partial charge in [0, 0.05) is 54.0 Å². The Labute approximate surface area is 225 Å². The molecule has 2 aromatic heterocycles. The Morgan fingerprint density at radius 3 is 2.54 bits per heavy atom. The summed E-state index contributed by atoms with van der Waals surface area (Å²) in [4.78, 5) is 23.8. The van der Waals surface area contributed by atoms with Crippen molar-refractivity contribution < 1.29 is 19.0 Å². The van der Waals surface area contributed by atoms with Crippen LogP contribution in [0.3, 0.4) is 0 Å². The molecule has 8 nitrogen and oxygen atoms in total.